The number of aryl methyl sites for hydroxylation is 2. The highest BCUT2D eigenvalue weighted by Crippen LogP contribution is 2.32. The first kappa shape index (κ1) is 27.8. The quantitative estimate of drug-likeness (QED) is 0.283. The summed E-state index contributed by atoms with van der Waals surface area (Å²) in [5, 5.41) is 2.76. The Morgan fingerprint density at radius 3 is 2.10 bits per heavy atom. The molecule has 8 nitrogen and oxygen atoms in total. The molecule has 0 spiro atoms. The Bertz CT molecular complexity index is 1530. The Labute approximate surface area is 229 Å². The van der Waals surface area contributed by atoms with Crippen LogP contribution < -0.4 is 14.8 Å². The molecule has 0 saturated heterocycles. The zero-order valence-electron chi connectivity index (χ0n) is 22.6. The molecule has 39 heavy (non-hydrogen) atoms. The molecule has 1 amide bonds. The third-order valence-corrected chi connectivity index (χ3v) is 7.76. The number of carbonyl (C=O) groups is 1. The average molecular weight is 545 g/mol. The van der Waals surface area contributed by atoms with E-state index < -0.39 is 16.1 Å². The largest absolute Gasteiger partial charge is 0.481 e. The van der Waals surface area contributed by atoms with Crippen LogP contribution in [0.25, 0.3) is 0 Å². The van der Waals surface area contributed by atoms with Gasteiger partial charge >= 0.3 is 0 Å². The van der Waals surface area contributed by atoms with Crippen molar-refractivity contribution in [3.05, 3.63) is 108 Å². The molecule has 202 valence electrons. The van der Waals surface area contributed by atoms with E-state index in [1.165, 1.54) is 29.8 Å². The second-order valence-electron chi connectivity index (χ2n) is 9.84. The van der Waals surface area contributed by atoms with Gasteiger partial charge in [-0.15, -0.1) is 0 Å². The molecule has 0 bridgehead atoms. The van der Waals surface area contributed by atoms with Gasteiger partial charge in [-0.1, -0.05) is 56.3 Å². The van der Waals surface area contributed by atoms with E-state index in [0.717, 1.165) is 5.56 Å². The number of aromatic nitrogens is 2. The molecular weight excluding hydrogens is 512 g/mol. The second-order valence-corrected chi connectivity index (χ2v) is 11.5. The van der Waals surface area contributed by atoms with Gasteiger partial charge in [-0.25, -0.2) is 18.4 Å². The van der Waals surface area contributed by atoms with Crippen molar-refractivity contribution in [2.75, 3.05) is 10.0 Å². The molecule has 3 aromatic carbocycles. The van der Waals surface area contributed by atoms with E-state index >= 15 is 0 Å². The molecular formula is C30H32N4O4S. The first-order chi connectivity index (χ1) is 18.4. The van der Waals surface area contributed by atoms with Gasteiger partial charge in [-0.05, 0) is 68.3 Å². The molecule has 0 saturated carbocycles. The predicted molar refractivity (Wildman–Crippen MR) is 152 cm³/mol. The number of nitrogens with zero attached hydrogens (tertiary/aromatic N) is 2. The fraction of sp³-hybridized carbons (Fsp3) is 0.233. The van der Waals surface area contributed by atoms with Crippen LogP contribution in [0.5, 0.6) is 5.75 Å². The lowest BCUT2D eigenvalue weighted by Crippen LogP contribution is -2.30. The first-order valence-electron chi connectivity index (χ1n) is 12.5. The number of amides is 1. The summed E-state index contributed by atoms with van der Waals surface area (Å²) in [4.78, 5) is 21.0. The van der Waals surface area contributed by atoms with E-state index in [-0.39, 0.29) is 22.0 Å². The molecule has 2 N–H and O–H groups in total. The van der Waals surface area contributed by atoms with E-state index in [1.54, 1.807) is 26.8 Å². The van der Waals surface area contributed by atoms with Crippen LogP contribution in [0.1, 0.15) is 43.4 Å². The van der Waals surface area contributed by atoms with Gasteiger partial charge in [-0.3, -0.25) is 9.52 Å². The van der Waals surface area contributed by atoms with Gasteiger partial charge in [0.15, 0.2) is 6.10 Å². The molecule has 1 heterocycles. The number of carbonyl (C=O) groups excluding carboxylic acids is 1. The summed E-state index contributed by atoms with van der Waals surface area (Å²) in [5.74, 6) is 0.881. The zero-order chi connectivity index (χ0) is 28.2. The van der Waals surface area contributed by atoms with Gasteiger partial charge in [0.2, 0.25) is 0 Å². The van der Waals surface area contributed by atoms with Crippen LogP contribution in [-0.2, 0) is 20.2 Å². The molecule has 0 fully saturated rings. The second kappa shape index (κ2) is 11.2. The molecule has 0 aliphatic heterocycles. The minimum absolute atomic E-state index is 0.0391. The number of sulfonamides is 1. The molecule has 4 aromatic rings. The number of anilines is 2. The first-order valence-corrected chi connectivity index (χ1v) is 14.0. The normalized spacial score (nSPS) is 12.4. The van der Waals surface area contributed by atoms with Crippen LogP contribution in [0.2, 0.25) is 0 Å². The monoisotopic (exact) mass is 544 g/mol. The van der Waals surface area contributed by atoms with E-state index in [1.807, 2.05) is 42.5 Å². The highest BCUT2D eigenvalue weighted by atomic mass is 32.2. The Kier molecular flexibility index (Phi) is 8.01. The van der Waals surface area contributed by atoms with E-state index in [4.69, 9.17) is 4.74 Å². The third-order valence-electron chi connectivity index (χ3n) is 6.39. The number of nitrogens with one attached hydrogen (secondary N) is 2. The molecule has 1 unspecified atom stereocenters. The predicted octanol–water partition coefficient (Wildman–Crippen LogP) is 5.63. The molecule has 1 aromatic heterocycles. The summed E-state index contributed by atoms with van der Waals surface area (Å²) >= 11 is 0. The maximum absolute atomic E-state index is 12.8. The van der Waals surface area contributed by atoms with Gasteiger partial charge in [0.05, 0.1) is 4.90 Å². The summed E-state index contributed by atoms with van der Waals surface area (Å²) in [6.45, 7) is 9.44. The highest BCUT2D eigenvalue weighted by Gasteiger charge is 2.23. The summed E-state index contributed by atoms with van der Waals surface area (Å²) in [6, 6.07) is 25.4. The minimum Gasteiger partial charge on any atom is -0.481 e. The van der Waals surface area contributed by atoms with Crippen molar-refractivity contribution in [2.45, 2.75) is 51.0 Å². The molecule has 0 radical (unpaired) electrons. The average Bonchev–Trinajstić information content (AvgIpc) is 2.89. The van der Waals surface area contributed by atoms with Gasteiger partial charge < -0.3 is 10.1 Å². The number of hydrogen-bond donors (Lipinski definition) is 2. The Balaban J connectivity index is 1.36. The van der Waals surface area contributed by atoms with Gasteiger partial charge in [-0.2, -0.15) is 0 Å². The van der Waals surface area contributed by atoms with Crippen molar-refractivity contribution < 1.29 is 17.9 Å². The topological polar surface area (TPSA) is 110 Å². The lowest BCUT2D eigenvalue weighted by Gasteiger charge is -2.26. The van der Waals surface area contributed by atoms with Crippen molar-refractivity contribution in [3.8, 4) is 5.75 Å². The number of rotatable bonds is 9. The maximum Gasteiger partial charge on any atom is 0.265 e. The molecule has 1 atom stereocenters. The number of hydrogen-bond acceptors (Lipinski definition) is 6. The van der Waals surface area contributed by atoms with Crippen molar-refractivity contribution >= 4 is 27.4 Å². The number of benzene rings is 3. The smallest absolute Gasteiger partial charge is 0.265 e. The molecule has 4 rings (SSSR count). The Morgan fingerprint density at radius 1 is 0.872 bits per heavy atom. The number of ether oxygens (including phenoxy) is 1. The van der Waals surface area contributed by atoms with Crippen LogP contribution in [0.3, 0.4) is 0 Å². The van der Waals surface area contributed by atoms with E-state index in [2.05, 4.69) is 46.0 Å². The zero-order valence-corrected chi connectivity index (χ0v) is 23.4. The van der Waals surface area contributed by atoms with Crippen LogP contribution >= 0.6 is 0 Å². The van der Waals surface area contributed by atoms with Crippen LogP contribution in [-0.4, -0.2) is 30.4 Å². The van der Waals surface area contributed by atoms with Gasteiger partial charge in [0, 0.05) is 22.9 Å². The molecule has 9 heteroatoms. The van der Waals surface area contributed by atoms with Crippen LogP contribution in [0.4, 0.5) is 11.5 Å². The van der Waals surface area contributed by atoms with E-state index in [0.29, 0.717) is 23.0 Å². The van der Waals surface area contributed by atoms with Crippen molar-refractivity contribution in [2.24, 2.45) is 0 Å². The third kappa shape index (κ3) is 6.80. The molecule has 0 aliphatic carbocycles. The SMILES string of the molecule is Cc1cc(NS(=O)(=O)c2ccc(NC(=O)C(C)Oc3ccc(C(C)(C)c4ccccc4)cc3)cc2)nc(C)n1. The van der Waals surface area contributed by atoms with Crippen molar-refractivity contribution in [1.82, 2.24) is 9.97 Å². The lowest BCUT2D eigenvalue weighted by molar-refractivity contribution is -0.122. The fourth-order valence-corrected chi connectivity index (χ4v) is 5.15. The fourth-order valence-electron chi connectivity index (χ4n) is 4.16. The Morgan fingerprint density at radius 2 is 1.49 bits per heavy atom. The lowest BCUT2D eigenvalue weighted by atomic mass is 9.78. The van der Waals surface area contributed by atoms with Gasteiger partial charge in [0.1, 0.15) is 17.4 Å². The Hall–Kier alpha value is -4.24. The van der Waals surface area contributed by atoms with Crippen molar-refractivity contribution in [1.29, 1.82) is 0 Å². The summed E-state index contributed by atoms with van der Waals surface area (Å²) < 4.78 is 33.8. The van der Waals surface area contributed by atoms with Crippen LogP contribution in [0.15, 0.2) is 89.8 Å². The van der Waals surface area contributed by atoms with Crippen LogP contribution in [0, 0.1) is 13.8 Å². The maximum atomic E-state index is 12.8. The van der Waals surface area contributed by atoms with E-state index in [9.17, 15) is 13.2 Å². The van der Waals surface area contributed by atoms with Crippen molar-refractivity contribution in [3.63, 3.8) is 0 Å². The summed E-state index contributed by atoms with van der Waals surface area (Å²) in [5.41, 5.74) is 3.27. The van der Waals surface area contributed by atoms with Gasteiger partial charge in [0.25, 0.3) is 15.9 Å². The minimum atomic E-state index is -3.86. The standard InChI is InChI=1S/C30H32N4O4S/c1-20-19-28(32-22(3)31-20)34-39(36,37)27-17-13-25(14-18-27)33-29(35)21(2)38-26-15-11-24(12-16-26)30(4,5)23-9-7-6-8-10-23/h6-19,21H,1-5H3,(H,33,35)(H,31,32,34). The summed E-state index contributed by atoms with van der Waals surface area (Å²) in [6.07, 6.45) is -0.771. The summed E-state index contributed by atoms with van der Waals surface area (Å²) in [7, 11) is -3.86. The molecule has 0 aliphatic rings. The highest BCUT2D eigenvalue weighted by molar-refractivity contribution is 7.92.